The predicted octanol–water partition coefficient (Wildman–Crippen LogP) is 4.54. The van der Waals surface area contributed by atoms with E-state index in [2.05, 4.69) is 4.98 Å². The summed E-state index contributed by atoms with van der Waals surface area (Å²) in [6.07, 6.45) is 1.38. The maximum atomic E-state index is 13.0. The molecule has 18 heavy (non-hydrogen) atoms. The number of hydrogen-bond acceptors (Lipinski definition) is 2. The molecule has 0 aliphatic carbocycles. The molecular weight excluding hydrogens is 283 g/mol. The Bertz CT molecular complexity index is 578. The maximum absolute atomic E-state index is 13.0. The Hall–Kier alpha value is -1.39. The minimum absolute atomic E-state index is 0.143. The van der Waals surface area contributed by atoms with Gasteiger partial charge in [-0.25, -0.2) is 13.8 Å². The van der Waals surface area contributed by atoms with Gasteiger partial charge in [-0.1, -0.05) is 11.6 Å². The molecule has 1 heterocycles. The molecule has 0 radical (unpaired) electrons. The molecule has 2 rings (SSSR count). The number of rotatable bonds is 3. The Kier molecular flexibility index (Phi) is 3.99. The van der Waals surface area contributed by atoms with Gasteiger partial charge in [-0.3, -0.25) is 0 Å². The van der Waals surface area contributed by atoms with Crippen LogP contribution in [0, 0.1) is 11.6 Å². The van der Waals surface area contributed by atoms with Crippen molar-refractivity contribution in [2.45, 2.75) is 5.88 Å². The van der Waals surface area contributed by atoms with Crippen LogP contribution in [0.25, 0.3) is 0 Å². The van der Waals surface area contributed by atoms with Crippen LogP contribution >= 0.6 is 23.2 Å². The van der Waals surface area contributed by atoms with Crippen LogP contribution in [0.15, 0.2) is 30.5 Å². The molecule has 6 heteroatoms. The summed E-state index contributed by atoms with van der Waals surface area (Å²) in [4.78, 5) is 3.91. The van der Waals surface area contributed by atoms with Crippen molar-refractivity contribution in [3.63, 3.8) is 0 Å². The normalized spacial score (nSPS) is 10.4. The van der Waals surface area contributed by atoms with Gasteiger partial charge >= 0.3 is 0 Å². The van der Waals surface area contributed by atoms with Gasteiger partial charge in [0.2, 0.25) is 5.88 Å². The second-order valence-corrected chi connectivity index (χ2v) is 4.10. The Morgan fingerprint density at radius 2 is 1.94 bits per heavy atom. The average Bonchev–Trinajstić information content (AvgIpc) is 2.36. The van der Waals surface area contributed by atoms with Crippen molar-refractivity contribution in [2.24, 2.45) is 0 Å². The lowest BCUT2D eigenvalue weighted by molar-refractivity contribution is 0.447. The van der Waals surface area contributed by atoms with Crippen LogP contribution in [0.4, 0.5) is 8.78 Å². The standard InChI is InChI=1S/C12H7Cl2F2NO/c13-5-7-3-12(17-6-9(7)14)18-8-1-2-10(15)11(16)4-8/h1-4,6H,5H2. The third-order valence-electron chi connectivity index (χ3n) is 2.17. The molecule has 0 saturated heterocycles. The number of aromatic nitrogens is 1. The molecule has 2 nitrogen and oxygen atoms in total. The lowest BCUT2D eigenvalue weighted by atomic mass is 10.3. The van der Waals surface area contributed by atoms with Crippen molar-refractivity contribution >= 4 is 23.2 Å². The molecule has 94 valence electrons. The van der Waals surface area contributed by atoms with E-state index in [4.69, 9.17) is 27.9 Å². The second kappa shape index (κ2) is 5.50. The number of ether oxygens (including phenoxy) is 1. The summed E-state index contributed by atoms with van der Waals surface area (Å²) in [6.45, 7) is 0. The van der Waals surface area contributed by atoms with Gasteiger partial charge in [0.05, 0.1) is 5.02 Å². The number of halogens is 4. The summed E-state index contributed by atoms with van der Waals surface area (Å²) in [5.74, 6) is -1.37. The molecule has 0 amide bonds. The first kappa shape index (κ1) is 13.1. The van der Waals surface area contributed by atoms with E-state index in [-0.39, 0.29) is 17.5 Å². The summed E-state index contributed by atoms with van der Waals surface area (Å²) in [6, 6.07) is 4.75. The zero-order valence-electron chi connectivity index (χ0n) is 8.96. The third-order valence-corrected chi connectivity index (χ3v) is 2.80. The zero-order chi connectivity index (χ0) is 13.1. The molecule has 0 fully saturated rings. The Morgan fingerprint density at radius 3 is 2.61 bits per heavy atom. The minimum Gasteiger partial charge on any atom is -0.439 e. The van der Waals surface area contributed by atoms with E-state index >= 15 is 0 Å². The maximum Gasteiger partial charge on any atom is 0.219 e. The number of alkyl halides is 1. The van der Waals surface area contributed by atoms with Crippen LogP contribution in [-0.2, 0) is 5.88 Å². The van der Waals surface area contributed by atoms with Crippen molar-refractivity contribution in [1.82, 2.24) is 4.98 Å². The first-order valence-electron chi connectivity index (χ1n) is 4.93. The Morgan fingerprint density at radius 1 is 1.17 bits per heavy atom. The molecule has 1 aromatic carbocycles. The quantitative estimate of drug-likeness (QED) is 0.774. The molecule has 0 bridgehead atoms. The lowest BCUT2D eigenvalue weighted by Gasteiger charge is -2.07. The van der Waals surface area contributed by atoms with Crippen LogP contribution < -0.4 is 4.74 Å². The molecular formula is C12H7Cl2F2NO. The largest absolute Gasteiger partial charge is 0.439 e. The molecule has 0 N–H and O–H groups in total. The van der Waals surface area contributed by atoms with Crippen molar-refractivity contribution in [1.29, 1.82) is 0 Å². The second-order valence-electron chi connectivity index (χ2n) is 3.43. The lowest BCUT2D eigenvalue weighted by Crippen LogP contribution is -1.92. The molecule has 0 unspecified atom stereocenters. The number of benzene rings is 1. The molecule has 1 aromatic heterocycles. The summed E-state index contributed by atoms with van der Waals surface area (Å²) < 4.78 is 31.0. The van der Waals surface area contributed by atoms with Crippen LogP contribution in [0.3, 0.4) is 0 Å². The highest BCUT2D eigenvalue weighted by Gasteiger charge is 2.07. The van der Waals surface area contributed by atoms with Crippen molar-refractivity contribution < 1.29 is 13.5 Å². The summed E-state index contributed by atoms with van der Waals surface area (Å²) in [5.41, 5.74) is 0.644. The van der Waals surface area contributed by atoms with E-state index in [9.17, 15) is 8.78 Å². The Labute approximate surface area is 112 Å². The number of nitrogens with zero attached hydrogens (tertiary/aromatic N) is 1. The van der Waals surface area contributed by atoms with Gasteiger partial charge in [-0.2, -0.15) is 0 Å². The summed E-state index contributed by atoms with van der Waals surface area (Å²) in [5, 5.41) is 0.419. The van der Waals surface area contributed by atoms with Gasteiger partial charge in [0.15, 0.2) is 11.6 Å². The monoisotopic (exact) mass is 289 g/mol. The van der Waals surface area contributed by atoms with Gasteiger partial charge in [-0.05, 0) is 17.7 Å². The fraction of sp³-hybridized carbons (Fsp3) is 0.0833. The predicted molar refractivity (Wildman–Crippen MR) is 65.2 cm³/mol. The van der Waals surface area contributed by atoms with E-state index in [1.165, 1.54) is 18.3 Å². The smallest absolute Gasteiger partial charge is 0.219 e. The molecule has 0 spiro atoms. The Balaban J connectivity index is 2.25. The van der Waals surface area contributed by atoms with Gasteiger partial charge in [-0.15, -0.1) is 11.6 Å². The fourth-order valence-electron chi connectivity index (χ4n) is 1.28. The van der Waals surface area contributed by atoms with Crippen LogP contribution in [0.5, 0.6) is 11.6 Å². The number of pyridine rings is 1. The molecule has 0 saturated carbocycles. The van der Waals surface area contributed by atoms with E-state index in [1.54, 1.807) is 0 Å². The van der Waals surface area contributed by atoms with E-state index in [0.29, 0.717) is 10.6 Å². The topological polar surface area (TPSA) is 22.1 Å². The first-order chi connectivity index (χ1) is 8.60. The van der Waals surface area contributed by atoms with Crippen LogP contribution in [0.2, 0.25) is 5.02 Å². The third kappa shape index (κ3) is 2.89. The van der Waals surface area contributed by atoms with Crippen molar-refractivity contribution in [3.05, 3.63) is 52.7 Å². The van der Waals surface area contributed by atoms with E-state index in [0.717, 1.165) is 12.1 Å². The molecule has 0 aliphatic rings. The van der Waals surface area contributed by atoms with Crippen LogP contribution in [-0.4, -0.2) is 4.98 Å². The van der Waals surface area contributed by atoms with Gasteiger partial charge < -0.3 is 4.74 Å². The first-order valence-corrected chi connectivity index (χ1v) is 5.84. The summed E-state index contributed by atoms with van der Waals surface area (Å²) >= 11 is 11.5. The van der Waals surface area contributed by atoms with E-state index < -0.39 is 11.6 Å². The van der Waals surface area contributed by atoms with E-state index in [1.807, 2.05) is 0 Å². The highest BCUT2D eigenvalue weighted by atomic mass is 35.5. The average molecular weight is 290 g/mol. The van der Waals surface area contributed by atoms with Gasteiger partial charge in [0, 0.05) is 24.2 Å². The van der Waals surface area contributed by atoms with Crippen molar-refractivity contribution in [2.75, 3.05) is 0 Å². The van der Waals surface area contributed by atoms with Gasteiger partial charge in [0.25, 0.3) is 0 Å². The highest BCUT2D eigenvalue weighted by Crippen LogP contribution is 2.25. The molecule has 0 atom stereocenters. The fourth-order valence-corrected chi connectivity index (χ4v) is 1.74. The highest BCUT2D eigenvalue weighted by molar-refractivity contribution is 6.32. The van der Waals surface area contributed by atoms with Crippen molar-refractivity contribution in [3.8, 4) is 11.6 Å². The zero-order valence-corrected chi connectivity index (χ0v) is 10.5. The molecule has 0 aliphatic heterocycles. The van der Waals surface area contributed by atoms with Crippen LogP contribution in [0.1, 0.15) is 5.56 Å². The van der Waals surface area contributed by atoms with Gasteiger partial charge in [0.1, 0.15) is 5.75 Å². The number of hydrogen-bond donors (Lipinski definition) is 0. The SMILES string of the molecule is Fc1ccc(Oc2cc(CCl)c(Cl)cn2)cc1F. The summed E-state index contributed by atoms with van der Waals surface area (Å²) in [7, 11) is 0. The minimum atomic E-state index is -0.987. The molecule has 2 aromatic rings.